The number of anilines is 3. The Balaban J connectivity index is 1.34. The van der Waals surface area contributed by atoms with E-state index >= 15 is 0 Å². The topological polar surface area (TPSA) is 16.1 Å². The molecule has 1 aliphatic carbocycles. The zero-order valence-corrected chi connectivity index (χ0v) is 22.8. The van der Waals surface area contributed by atoms with Gasteiger partial charge < -0.3 is 4.90 Å². The number of pyridine rings is 1. The molecule has 0 spiro atoms. The molecule has 2 nitrogen and oxygen atoms in total. The molecule has 0 saturated carbocycles. The normalized spacial score (nSPS) is 12.9. The predicted octanol–water partition coefficient (Wildman–Crippen LogP) is 10.2. The van der Waals surface area contributed by atoms with Crippen molar-refractivity contribution in [3.8, 4) is 33.4 Å². The van der Waals surface area contributed by atoms with E-state index in [-0.39, 0.29) is 5.41 Å². The van der Waals surface area contributed by atoms with Crippen LogP contribution in [0.1, 0.15) is 25.0 Å². The van der Waals surface area contributed by atoms with E-state index in [0.29, 0.717) is 0 Å². The Hall–Kier alpha value is -4.95. The molecule has 0 N–H and O–H groups in total. The van der Waals surface area contributed by atoms with Gasteiger partial charge in [-0.15, -0.1) is 0 Å². The Bertz CT molecular complexity index is 1700. The Morgan fingerprint density at radius 1 is 0.475 bits per heavy atom. The van der Waals surface area contributed by atoms with Crippen molar-refractivity contribution in [2.45, 2.75) is 19.3 Å². The maximum atomic E-state index is 4.30. The van der Waals surface area contributed by atoms with Crippen LogP contribution in [0.25, 0.3) is 33.4 Å². The molecular formula is C38H30N2. The van der Waals surface area contributed by atoms with Crippen LogP contribution in [-0.4, -0.2) is 4.98 Å². The molecule has 0 radical (unpaired) electrons. The van der Waals surface area contributed by atoms with E-state index < -0.39 is 0 Å². The van der Waals surface area contributed by atoms with E-state index in [1.165, 1.54) is 33.4 Å². The second-order valence-corrected chi connectivity index (χ2v) is 10.9. The molecule has 1 heterocycles. The molecule has 192 valence electrons. The van der Waals surface area contributed by atoms with Gasteiger partial charge in [-0.2, -0.15) is 0 Å². The molecule has 1 aromatic heterocycles. The summed E-state index contributed by atoms with van der Waals surface area (Å²) in [5, 5.41) is 0. The van der Waals surface area contributed by atoms with Crippen LogP contribution in [-0.2, 0) is 5.41 Å². The minimum absolute atomic E-state index is 0.0606. The zero-order chi connectivity index (χ0) is 27.1. The lowest BCUT2D eigenvalue weighted by Crippen LogP contribution is -2.16. The minimum atomic E-state index is -0.0606. The number of hydrogen-bond acceptors (Lipinski definition) is 2. The first-order chi connectivity index (χ1) is 19.6. The number of rotatable bonds is 5. The highest BCUT2D eigenvalue weighted by atomic mass is 15.1. The van der Waals surface area contributed by atoms with E-state index in [9.17, 15) is 0 Å². The van der Waals surface area contributed by atoms with Crippen molar-refractivity contribution < 1.29 is 0 Å². The second kappa shape index (κ2) is 9.66. The lowest BCUT2D eigenvalue weighted by Gasteiger charge is -2.28. The average Bonchev–Trinajstić information content (AvgIpc) is 3.25. The van der Waals surface area contributed by atoms with E-state index in [0.717, 1.165) is 28.2 Å². The molecule has 5 aromatic carbocycles. The summed E-state index contributed by atoms with van der Waals surface area (Å²) in [5.41, 5.74) is 13.5. The van der Waals surface area contributed by atoms with Gasteiger partial charge in [0, 0.05) is 34.9 Å². The third kappa shape index (κ3) is 4.10. The summed E-state index contributed by atoms with van der Waals surface area (Å²) in [7, 11) is 0. The van der Waals surface area contributed by atoms with Gasteiger partial charge in [0.1, 0.15) is 0 Å². The number of fused-ring (bicyclic) bond motifs is 3. The minimum Gasteiger partial charge on any atom is -0.310 e. The lowest BCUT2D eigenvalue weighted by atomic mass is 9.82. The molecule has 0 amide bonds. The summed E-state index contributed by atoms with van der Waals surface area (Å²) in [6.07, 6.45) is 3.72. The first kappa shape index (κ1) is 24.1. The molecule has 7 rings (SSSR count). The molecule has 0 saturated heterocycles. The third-order valence-corrected chi connectivity index (χ3v) is 8.18. The predicted molar refractivity (Wildman–Crippen MR) is 167 cm³/mol. The summed E-state index contributed by atoms with van der Waals surface area (Å²) in [6, 6.07) is 48.1. The first-order valence-corrected chi connectivity index (χ1v) is 13.8. The molecule has 0 atom stereocenters. The fourth-order valence-corrected chi connectivity index (χ4v) is 6.05. The molecule has 6 aromatic rings. The summed E-state index contributed by atoms with van der Waals surface area (Å²) in [5.74, 6) is 0. The van der Waals surface area contributed by atoms with Crippen molar-refractivity contribution in [2.24, 2.45) is 0 Å². The molecule has 0 bridgehead atoms. The second-order valence-electron chi connectivity index (χ2n) is 10.9. The van der Waals surface area contributed by atoms with Crippen LogP contribution >= 0.6 is 0 Å². The molecular weight excluding hydrogens is 484 g/mol. The zero-order valence-electron chi connectivity index (χ0n) is 22.8. The van der Waals surface area contributed by atoms with Crippen LogP contribution in [0.3, 0.4) is 0 Å². The number of hydrogen-bond donors (Lipinski definition) is 0. The van der Waals surface area contributed by atoms with Crippen molar-refractivity contribution in [2.75, 3.05) is 4.90 Å². The monoisotopic (exact) mass is 514 g/mol. The van der Waals surface area contributed by atoms with Crippen molar-refractivity contribution >= 4 is 17.1 Å². The van der Waals surface area contributed by atoms with Gasteiger partial charge in [0.25, 0.3) is 0 Å². The SMILES string of the molecule is CC1(C)c2ccccc2-c2ccc(N(c3ccc(-c4ccccc4)cc3)c3ccc(-c4cccnc4)cc3)cc21. The van der Waals surface area contributed by atoms with Gasteiger partial charge >= 0.3 is 0 Å². The number of benzene rings is 5. The Kier molecular flexibility index (Phi) is 5.82. The van der Waals surface area contributed by atoms with Crippen LogP contribution in [0.15, 0.2) is 146 Å². The molecule has 1 aliphatic rings. The smallest absolute Gasteiger partial charge is 0.0465 e. The quantitative estimate of drug-likeness (QED) is 0.227. The van der Waals surface area contributed by atoms with Crippen molar-refractivity contribution in [1.29, 1.82) is 0 Å². The van der Waals surface area contributed by atoms with Crippen LogP contribution in [0.2, 0.25) is 0 Å². The van der Waals surface area contributed by atoms with E-state index in [2.05, 4.69) is 151 Å². The van der Waals surface area contributed by atoms with Gasteiger partial charge in [0.15, 0.2) is 0 Å². The summed E-state index contributed by atoms with van der Waals surface area (Å²) in [4.78, 5) is 6.66. The Labute approximate surface area is 236 Å². The first-order valence-electron chi connectivity index (χ1n) is 13.8. The maximum absolute atomic E-state index is 4.30. The van der Waals surface area contributed by atoms with Gasteiger partial charge in [-0.05, 0) is 87.0 Å². The van der Waals surface area contributed by atoms with Gasteiger partial charge in [0.05, 0.1) is 0 Å². The summed E-state index contributed by atoms with van der Waals surface area (Å²) < 4.78 is 0. The van der Waals surface area contributed by atoms with Crippen LogP contribution < -0.4 is 4.90 Å². The van der Waals surface area contributed by atoms with Gasteiger partial charge in [0.2, 0.25) is 0 Å². The molecule has 2 heteroatoms. The van der Waals surface area contributed by atoms with Crippen LogP contribution in [0, 0.1) is 0 Å². The van der Waals surface area contributed by atoms with Gasteiger partial charge in [-0.1, -0.05) is 105 Å². The van der Waals surface area contributed by atoms with Crippen LogP contribution in [0.4, 0.5) is 17.1 Å². The molecule has 0 fully saturated rings. The largest absolute Gasteiger partial charge is 0.310 e. The molecule has 0 aliphatic heterocycles. The standard InChI is InChI=1S/C38H30N2/c1-38(2)36-13-7-6-12-34(36)35-23-22-33(25-37(35)38)40(31-18-14-28(15-19-31)27-9-4-3-5-10-27)32-20-16-29(17-21-32)30-11-8-24-39-26-30/h3-26H,1-2H3. The van der Waals surface area contributed by atoms with Gasteiger partial charge in [-0.25, -0.2) is 0 Å². The van der Waals surface area contributed by atoms with E-state index in [4.69, 9.17) is 0 Å². The fraction of sp³-hybridized carbons (Fsp3) is 0.0789. The van der Waals surface area contributed by atoms with E-state index in [1.807, 2.05) is 18.5 Å². The van der Waals surface area contributed by atoms with E-state index in [1.54, 1.807) is 0 Å². The van der Waals surface area contributed by atoms with Gasteiger partial charge in [-0.3, -0.25) is 4.98 Å². The number of nitrogens with zero attached hydrogens (tertiary/aromatic N) is 2. The summed E-state index contributed by atoms with van der Waals surface area (Å²) in [6.45, 7) is 4.67. The number of aromatic nitrogens is 1. The van der Waals surface area contributed by atoms with Crippen LogP contribution in [0.5, 0.6) is 0 Å². The van der Waals surface area contributed by atoms with Crippen molar-refractivity contribution in [1.82, 2.24) is 4.98 Å². The maximum Gasteiger partial charge on any atom is 0.0465 e. The van der Waals surface area contributed by atoms with Crippen molar-refractivity contribution in [3.63, 3.8) is 0 Å². The highest BCUT2D eigenvalue weighted by molar-refractivity contribution is 5.86. The molecule has 0 unspecified atom stereocenters. The Morgan fingerprint density at radius 3 is 1.70 bits per heavy atom. The average molecular weight is 515 g/mol. The molecule has 40 heavy (non-hydrogen) atoms. The summed E-state index contributed by atoms with van der Waals surface area (Å²) >= 11 is 0. The van der Waals surface area contributed by atoms with Crippen molar-refractivity contribution in [3.05, 3.63) is 157 Å². The highest BCUT2D eigenvalue weighted by Gasteiger charge is 2.35. The highest BCUT2D eigenvalue weighted by Crippen LogP contribution is 2.50. The third-order valence-electron chi connectivity index (χ3n) is 8.18. The Morgan fingerprint density at radius 2 is 1.02 bits per heavy atom. The fourth-order valence-electron chi connectivity index (χ4n) is 6.05. The lowest BCUT2D eigenvalue weighted by molar-refractivity contribution is 0.660.